The lowest BCUT2D eigenvalue weighted by Gasteiger charge is -2.34. The van der Waals surface area contributed by atoms with Crippen LogP contribution in [0.15, 0.2) is 42.5 Å². The fourth-order valence-corrected chi connectivity index (χ4v) is 2.96. The monoisotopic (exact) mass is 352 g/mol. The van der Waals surface area contributed by atoms with Gasteiger partial charge in [-0.15, -0.1) is 0 Å². The van der Waals surface area contributed by atoms with Crippen LogP contribution in [0.25, 0.3) is 10.8 Å². The van der Waals surface area contributed by atoms with Gasteiger partial charge in [-0.2, -0.15) is 13.2 Å². The molecule has 0 aliphatic carbocycles. The minimum Gasteiger partial charge on any atom is -0.483 e. The Bertz CT molecular complexity index is 735. The van der Waals surface area contributed by atoms with Crippen LogP contribution in [-0.4, -0.2) is 61.2 Å². The third-order valence-corrected chi connectivity index (χ3v) is 4.23. The Morgan fingerprint density at radius 2 is 1.68 bits per heavy atom. The summed E-state index contributed by atoms with van der Waals surface area (Å²) in [5.41, 5.74) is 0. The van der Waals surface area contributed by atoms with E-state index in [0.29, 0.717) is 5.75 Å². The number of halogens is 3. The molecule has 1 aliphatic heterocycles. The third-order valence-electron chi connectivity index (χ3n) is 4.23. The number of carbonyl (C=O) groups excluding carboxylic acids is 1. The van der Waals surface area contributed by atoms with Gasteiger partial charge >= 0.3 is 6.18 Å². The number of rotatable bonds is 4. The Kier molecular flexibility index (Phi) is 5.13. The zero-order valence-corrected chi connectivity index (χ0v) is 13.6. The van der Waals surface area contributed by atoms with Crippen LogP contribution in [0.2, 0.25) is 0 Å². The number of benzene rings is 2. The smallest absolute Gasteiger partial charge is 0.401 e. The number of fused-ring (bicyclic) bond motifs is 1. The van der Waals surface area contributed by atoms with Crippen LogP contribution < -0.4 is 4.74 Å². The van der Waals surface area contributed by atoms with Gasteiger partial charge in [0, 0.05) is 31.6 Å². The van der Waals surface area contributed by atoms with Crippen LogP contribution >= 0.6 is 0 Å². The Labute approximate surface area is 143 Å². The minimum absolute atomic E-state index is 0.118. The van der Waals surface area contributed by atoms with Crippen molar-refractivity contribution in [2.75, 3.05) is 39.3 Å². The van der Waals surface area contributed by atoms with Crippen molar-refractivity contribution in [2.45, 2.75) is 6.18 Å². The number of nitrogens with zero attached hydrogens (tertiary/aromatic N) is 2. The summed E-state index contributed by atoms with van der Waals surface area (Å²) in [6.45, 7) is -0.0323. The summed E-state index contributed by atoms with van der Waals surface area (Å²) < 4.78 is 42.8. The van der Waals surface area contributed by atoms with Gasteiger partial charge in [0.2, 0.25) is 0 Å². The first kappa shape index (κ1) is 17.5. The van der Waals surface area contributed by atoms with Gasteiger partial charge in [-0.25, -0.2) is 0 Å². The second kappa shape index (κ2) is 7.31. The summed E-state index contributed by atoms with van der Waals surface area (Å²) in [6.07, 6.45) is -4.20. The fraction of sp³-hybridized carbons (Fsp3) is 0.389. The zero-order valence-electron chi connectivity index (χ0n) is 13.6. The first-order chi connectivity index (χ1) is 11.9. The predicted octanol–water partition coefficient (Wildman–Crippen LogP) is 2.93. The summed E-state index contributed by atoms with van der Waals surface area (Å²) in [5, 5.41) is 1.95. The van der Waals surface area contributed by atoms with E-state index in [0.717, 1.165) is 10.8 Å². The van der Waals surface area contributed by atoms with Crippen LogP contribution in [-0.2, 0) is 4.79 Å². The summed E-state index contributed by atoms with van der Waals surface area (Å²) in [5.74, 6) is 0.418. The second-order valence-corrected chi connectivity index (χ2v) is 6.04. The van der Waals surface area contributed by atoms with Crippen molar-refractivity contribution in [3.8, 4) is 5.75 Å². The molecule has 25 heavy (non-hydrogen) atoms. The molecular formula is C18H19F3N2O2. The van der Waals surface area contributed by atoms with E-state index in [1.165, 1.54) is 4.90 Å². The molecule has 1 saturated heterocycles. The van der Waals surface area contributed by atoms with E-state index in [-0.39, 0.29) is 38.7 Å². The maximum atomic E-state index is 12.4. The van der Waals surface area contributed by atoms with E-state index >= 15 is 0 Å². The largest absolute Gasteiger partial charge is 0.483 e. The molecule has 0 saturated carbocycles. The molecule has 0 aromatic heterocycles. The Morgan fingerprint density at radius 1 is 1.00 bits per heavy atom. The molecule has 134 valence electrons. The first-order valence-electron chi connectivity index (χ1n) is 8.10. The molecule has 3 rings (SSSR count). The summed E-state index contributed by atoms with van der Waals surface area (Å²) in [6, 6.07) is 13.3. The summed E-state index contributed by atoms with van der Waals surface area (Å²) in [7, 11) is 0. The number of amides is 1. The fourth-order valence-electron chi connectivity index (χ4n) is 2.96. The van der Waals surface area contributed by atoms with Crippen LogP contribution in [0.1, 0.15) is 0 Å². The van der Waals surface area contributed by atoms with Crippen molar-refractivity contribution in [2.24, 2.45) is 0 Å². The summed E-state index contributed by atoms with van der Waals surface area (Å²) >= 11 is 0. The topological polar surface area (TPSA) is 32.8 Å². The number of ether oxygens (including phenoxy) is 1. The van der Waals surface area contributed by atoms with Crippen LogP contribution in [0, 0.1) is 0 Å². The lowest BCUT2D eigenvalue weighted by molar-refractivity contribution is -0.152. The van der Waals surface area contributed by atoms with Crippen molar-refractivity contribution in [1.82, 2.24) is 9.80 Å². The van der Waals surface area contributed by atoms with Gasteiger partial charge in [-0.1, -0.05) is 36.4 Å². The molecule has 0 atom stereocenters. The molecule has 4 nitrogen and oxygen atoms in total. The normalized spacial score (nSPS) is 16.2. The van der Waals surface area contributed by atoms with Crippen molar-refractivity contribution in [3.63, 3.8) is 0 Å². The molecule has 0 radical (unpaired) electrons. The van der Waals surface area contributed by atoms with Gasteiger partial charge in [0.1, 0.15) is 5.75 Å². The maximum Gasteiger partial charge on any atom is 0.401 e. The standard InChI is InChI=1S/C18H19F3N2O2/c19-18(20,21)13-22-8-10-23(11-9-22)17(24)12-25-16-7-3-5-14-4-1-2-6-15(14)16/h1-7H,8-13H2. The Morgan fingerprint density at radius 3 is 2.40 bits per heavy atom. The second-order valence-electron chi connectivity index (χ2n) is 6.04. The highest BCUT2D eigenvalue weighted by Gasteiger charge is 2.32. The van der Waals surface area contributed by atoms with Gasteiger partial charge in [0.05, 0.1) is 6.54 Å². The predicted molar refractivity (Wildman–Crippen MR) is 88.5 cm³/mol. The molecule has 1 heterocycles. The SMILES string of the molecule is O=C(COc1cccc2ccccc12)N1CCN(CC(F)(F)F)CC1. The number of hydrogen-bond acceptors (Lipinski definition) is 3. The van der Waals surface area contributed by atoms with Gasteiger partial charge in [-0.05, 0) is 11.5 Å². The molecular weight excluding hydrogens is 333 g/mol. The van der Waals surface area contributed by atoms with Crippen molar-refractivity contribution < 1.29 is 22.7 Å². The van der Waals surface area contributed by atoms with E-state index in [1.807, 2.05) is 36.4 Å². The lowest BCUT2D eigenvalue weighted by Crippen LogP contribution is -2.51. The first-order valence-corrected chi connectivity index (χ1v) is 8.10. The molecule has 0 unspecified atom stereocenters. The number of piperazine rings is 1. The average Bonchev–Trinajstić information content (AvgIpc) is 2.59. The summed E-state index contributed by atoms with van der Waals surface area (Å²) in [4.78, 5) is 15.1. The highest BCUT2D eigenvalue weighted by Crippen LogP contribution is 2.25. The average molecular weight is 352 g/mol. The molecule has 1 amide bonds. The van der Waals surface area contributed by atoms with E-state index < -0.39 is 12.7 Å². The Hall–Kier alpha value is -2.28. The zero-order chi connectivity index (χ0) is 17.9. The highest BCUT2D eigenvalue weighted by atomic mass is 19.4. The van der Waals surface area contributed by atoms with Gasteiger partial charge in [0.25, 0.3) is 5.91 Å². The van der Waals surface area contributed by atoms with Gasteiger partial charge in [0.15, 0.2) is 6.61 Å². The van der Waals surface area contributed by atoms with Crippen molar-refractivity contribution in [1.29, 1.82) is 0 Å². The molecule has 1 aliphatic rings. The van der Waals surface area contributed by atoms with Crippen LogP contribution in [0.4, 0.5) is 13.2 Å². The van der Waals surface area contributed by atoms with Crippen molar-refractivity contribution >= 4 is 16.7 Å². The van der Waals surface area contributed by atoms with Crippen LogP contribution in [0.5, 0.6) is 5.75 Å². The highest BCUT2D eigenvalue weighted by molar-refractivity contribution is 5.88. The van der Waals surface area contributed by atoms with Crippen molar-refractivity contribution in [3.05, 3.63) is 42.5 Å². The molecule has 7 heteroatoms. The number of hydrogen-bond donors (Lipinski definition) is 0. The van der Waals surface area contributed by atoms with E-state index in [4.69, 9.17) is 4.74 Å². The van der Waals surface area contributed by atoms with Gasteiger partial charge in [-0.3, -0.25) is 9.69 Å². The van der Waals surface area contributed by atoms with E-state index in [9.17, 15) is 18.0 Å². The molecule has 2 aromatic rings. The van der Waals surface area contributed by atoms with E-state index in [2.05, 4.69) is 0 Å². The van der Waals surface area contributed by atoms with Crippen LogP contribution in [0.3, 0.4) is 0 Å². The van der Waals surface area contributed by atoms with Gasteiger partial charge < -0.3 is 9.64 Å². The molecule has 2 aromatic carbocycles. The quantitative estimate of drug-likeness (QED) is 0.848. The molecule has 0 N–H and O–H groups in total. The number of alkyl halides is 3. The molecule has 0 bridgehead atoms. The Balaban J connectivity index is 1.53. The van der Waals surface area contributed by atoms with E-state index in [1.54, 1.807) is 11.0 Å². The molecule has 0 spiro atoms. The maximum absolute atomic E-state index is 12.4. The lowest BCUT2D eigenvalue weighted by atomic mass is 10.1. The third kappa shape index (κ3) is 4.63. The number of carbonyl (C=O) groups is 1. The minimum atomic E-state index is -4.20. The molecule has 1 fully saturated rings.